The first kappa shape index (κ1) is 20.7. The summed E-state index contributed by atoms with van der Waals surface area (Å²) in [6.07, 6.45) is 4.14. The molecule has 0 radical (unpaired) electrons. The molecule has 0 spiro atoms. The summed E-state index contributed by atoms with van der Waals surface area (Å²) in [6, 6.07) is 26.0. The number of hydrogen-bond donors (Lipinski definition) is 0. The number of fused-ring (bicyclic) bond motifs is 4. The van der Waals surface area contributed by atoms with E-state index in [0.717, 1.165) is 44.8 Å². The van der Waals surface area contributed by atoms with Crippen LogP contribution in [0.3, 0.4) is 0 Å². The van der Waals surface area contributed by atoms with Gasteiger partial charge in [-0.3, -0.25) is 4.79 Å². The predicted molar refractivity (Wildman–Crippen MR) is 139 cm³/mol. The molecule has 0 fully saturated rings. The number of aromatic nitrogens is 3. The Morgan fingerprint density at radius 3 is 2.56 bits per heavy atom. The van der Waals surface area contributed by atoms with E-state index >= 15 is 0 Å². The Hall–Kier alpha value is -3.90. The van der Waals surface area contributed by atoms with E-state index in [2.05, 4.69) is 40.9 Å². The van der Waals surface area contributed by atoms with Crippen LogP contribution in [0, 0.1) is 5.92 Å². The molecule has 3 aromatic carbocycles. The van der Waals surface area contributed by atoms with Crippen LogP contribution < -0.4 is 14.8 Å². The van der Waals surface area contributed by atoms with Gasteiger partial charge in [0.2, 0.25) is 0 Å². The maximum Gasteiger partial charge on any atom is 0.274 e. The Morgan fingerprint density at radius 1 is 0.971 bits per heavy atom. The van der Waals surface area contributed by atoms with Crippen molar-refractivity contribution in [2.45, 2.75) is 13.5 Å². The molecule has 0 saturated heterocycles. The zero-order chi connectivity index (χ0) is 23.1. The van der Waals surface area contributed by atoms with Crippen molar-refractivity contribution in [1.82, 2.24) is 14.0 Å². The van der Waals surface area contributed by atoms with Gasteiger partial charge < -0.3 is 9.30 Å². The molecule has 0 aliphatic rings. The molecule has 0 bridgehead atoms. The Bertz CT molecular complexity index is 1730. The van der Waals surface area contributed by atoms with Gasteiger partial charge in [-0.2, -0.15) is 0 Å². The third-order valence-corrected chi connectivity index (χ3v) is 7.01. The van der Waals surface area contributed by atoms with E-state index in [4.69, 9.17) is 4.74 Å². The second-order valence-corrected chi connectivity index (χ2v) is 9.63. The molecule has 6 aromatic rings. The van der Waals surface area contributed by atoms with Crippen molar-refractivity contribution in [3.8, 4) is 5.75 Å². The molecule has 3 heterocycles. The van der Waals surface area contributed by atoms with Crippen molar-refractivity contribution < 1.29 is 4.74 Å². The summed E-state index contributed by atoms with van der Waals surface area (Å²) < 4.78 is 10.6. The predicted octanol–water partition coefficient (Wildman–Crippen LogP) is 5.13. The van der Waals surface area contributed by atoms with Gasteiger partial charge in [0.15, 0.2) is 4.96 Å². The summed E-state index contributed by atoms with van der Waals surface area (Å²) in [5.74, 6) is 1.20. The molecule has 5 nitrogen and oxygen atoms in total. The van der Waals surface area contributed by atoms with Crippen LogP contribution in [0.25, 0.3) is 33.0 Å². The summed E-state index contributed by atoms with van der Waals surface area (Å²) in [5, 5.41) is 1.13. The molecule has 6 heteroatoms. The van der Waals surface area contributed by atoms with Gasteiger partial charge in [0.05, 0.1) is 22.2 Å². The Morgan fingerprint density at radius 2 is 1.71 bits per heavy atom. The fourth-order valence-corrected chi connectivity index (χ4v) is 5.42. The van der Waals surface area contributed by atoms with Crippen LogP contribution in [0.15, 0.2) is 89.9 Å². The third-order valence-electron chi connectivity index (χ3n) is 6.04. The Kier molecular flexibility index (Phi) is 5.15. The van der Waals surface area contributed by atoms with Gasteiger partial charge in [-0.25, -0.2) is 9.38 Å². The molecule has 168 valence electrons. The van der Waals surface area contributed by atoms with Crippen molar-refractivity contribution in [2.75, 3.05) is 6.61 Å². The highest BCUT2D eigenvalue weighted by Gasteiger charge is 2.13. The van der Waals surface area contributed by atoms with E-state index in [1.165, 1.54) is 11.3 Å². The largest absolute Gasteiger partial charge is 0.493 e. The molecular formula is C28H23N3O2S. The van der Waals surface area contributed by atoms with Crippen LogP contribution in [-0.4, -0.2) is 20.6 Å². The minimum Gasteiger partial charge on any atom is -0.493 e. The highest BCUT2D eigenvalue weighted by molar-refractivity contribution is 7.15. The average Bonchev–Trinajstić information content (AvgIpc) is 3.50. The molecular weight excluding hydrogens is 442 g/mol. The van der Waals surface area contributed by atoms with Crippen LogP contribution in [0.2, 0.25) is 0 Å². The summed E-state index contributed by atoms with van der Waals surface area (Å²) in [7, 11) is 0. The highest BCUT2D eigenvalue weighted by atomic mass is 32.1. The van der Waals surface area contributed by atoms with Crippen LogP contribution in [0.4, 0.5) is 0 Å². The summed E-state index contributed by atoms with van der Waals surface area (Å²) in [6.45, 7) is 3.65. The Balaban J connectivity index is 1.35. The molecule has 0 N–H and O–H groups in total. The van der Waals surface area contributed by atoms with Gasteiger partial charge in [-0.15, -0.1) is 0 Å². The molecule has 3 aromatic heterocycles. The van der Waals surface area contributed by atoms with E-state index < -0.39 is 0 Å². The zero-order valence-electron chi connectivity index (χ0n) is 18.7. The summed E-state index contributed by atoms with van der Waals surface area (Å²) >= 11 is 1.44. The van der Waals surface area contributed by atoms with Gasteiger partial charge >= 0.3 is 0 Å². The fourth-order valence-electron chi connectivity index (χ4n) is 4.44. The van der Waals surface area contributed by atoms with E-state index in [1.807, 2.05) is 66.7 Å². The molecule has 0 saturated carbocycles. The first-order valence-corrected chi connectivity index (χ1v) is 12.2. The minimum absolute atomic E-state index is 0.0184. The molecule has 34 heavy (non-hydrogen) atoms. The number of para-hydroxylation sites is 4. The van der Waals surface area contributed by atoms with Crippen LogP contribution in [0.1, 0.15) is 12.5 Å². The quantitative estimate of drug-likeness (QED) is 0.343. The van der Waals surface area contributed by atoms with Crippen LogP contribution >= 0.6 is 11.3 Å². The maximum atomic E-state index is 13.2. The number of hydrogen-bond acceptors (Lipinski definition) is 4. The highest BCUT2D eigenvalue weighted by Crippen LogP contribution is 2.24. The normalized spacial score (nSPS) is 13.3. The number of thiazole rings is 1. The second kappa shape index (κ2) is 8.47. The van der Waals surface area contributed by atoms with Crippen LogP contribution in [0.5, 0.6) is 5.75 Å². The first-order chi connectivity index (χ1) is 16.7. The van der Waals surface area contributed by atoms with Crippen molar-refractivity contribution in [1.29, 1.82) is 0 Å². The van der Waals surface area contributed by atoms with Gasteiger partial charge in [0.1, 0.15) is 5.75 Å². The molecule has 0 aliphatic carbocycles. The van der Waals surface area contributed by atoms with Gasteiger partial charge in [-0.1, -0.05) is 66.8 Å². The molecule has 0 aliphatic heterocycles. The van der Waals surface area contributed by atoms with E-state index in [1.54, 1.807) is 4.40 Å². The fraction of sp³-hybridized carbons (Fsp3) is 0.143. The van der Waals surface area contributed by atoms with Gasteiger partial charge in [-0.05, 0) is 36.4 Å². The van der Waals surface area contributed by atoms with E-state index in [0.29, 0.717) is 17.1 Å². The van der Waals surface area contributed by atoms with Crippen LogP contribution in [-0.2, 0) is 6.54 Å². The summed E-state index contributed by atoms with van der Waals surface area (Å²) in [5.41, 5.74) is 3.88. The van der Waals surface area contributed by atoms with Gasteiger partial charge in [0.25, 0.3) is 5.56 Å². The summed E-state index contributed by atoms with van der Waals surface area (Å²) in [4.78, 5) is 18.6. The number of benzene rings is 3. The van der Waals surface area contributed by atoms with Crippen molar-refractivity contribution in [2.24, 2.45) is 5.92 Å². The monoisotopic (exact) mass is 465 g/mol. The van der Waals surface area contributed by atoms with Crippen molar-refractivity contribution in [3.05, 3.63) is 106 Å². The number of ether oxygens (including phenoxy) is 1. The van der Waals surface area contributed by atoms with Crippen molar-refractivity contribution >= 4 is 44.3 Å². The zero-order valence-corrected chi connectivity index (χ0v) is 19.5. The number of imidazole rings is 1. The van der Waals surface area contributed by atoms with Crippen molar-refractivity contribution in [3.63, 3.8) is 0 Å². The minimum atomic E-state index is -0.0184. The lowest BCUT2D eigenvalue weighted by Gasteiger charge is -2.14. The lowest BCUT2D eigenvalue weighted by Crippen LogP contribution is -2.22. The SMILES string of the molecule is C[C@@H](COc1ccccc1)Cn1cc(C=c2sc3nc4ccccc4n3c2=O)c2ccccc21. The smallest absolute Gasteiger partial charge is 0.274 e. The van der Waals surface area contributed by atoms with E-state index in [9.17, 15) is 4.79 Å². The van der Waals surface area contributed by atoms with Gasteiger partial charge in [0, 0.05) is 35.1 Å². The molecule has 6 rings (SSSR count). The first-order valence-electron chi connectivity index (χ1n) is 11.3. The molecule has 0 amide bonds. The molecule has 1 atom stereocenters. The standard InChI is InChI=1S/C28H23N3O2S/c1-19(18-33-21-9-3-2-4-10-21)16-30-17-20(22-11-5-7-13-24(22)30)15-26-27(32)31-25-14-8-6-12-23(25)29-28(31)34-26/h2-15,17,19H,16,18H2,1H3/t19-/m1/s1. The lowest BCUT2D eigenvalue weighted by molar-refractivity contribution is 0.245. The topological polar surface area (TPSA) is 48.5 Å². The number of rotatable bonds is 6. The van der Waals surface area contributed by atoms with E-state index in [-0.39, 0.29) is 5.56 Å². The maximum absolute atomic E-state index is 13.2. The third kappa shape index (κ3) is 3.66. The second-order valence-electron chi connectivity index (χ2n) is 8.62. The average molecular weight is 466 g/mol. The molecule has 0 unspecified atom stereocenters. The number of nitrogens with zero attached hydrogens (tertiary/aromatic N) is 3. The Labute approximate surface area is 200 Å². The lowest BCUT2D eigenvalue weighted by atomic mass is 10.1.